The molecule has 0 saturated carbocycles. The van der Waals surface area contributed by atoms with Crippen molar-refractivity contribution in [3.05, 3.63) is 12.5 Å². The molecule has 14 heteroatoms. The first-order chi connectivity index (χ1) is 35.5. The second-order valence-electron chi connectivity index (χ2n) is 26.8. The van der Waals surface area contributed by atoms with E-state index in [0.717, 1.165) is 128 Å². The highest BCUT2D eigenvalue weighted by Crippen LogP contribution is 2.21. The first kappa shape index (κ1) is 70.5. The first-order valence-corrected chi connectivity index (χ1v) is 31.0. The van der Waals surface area contributed by atoms with E-state index in [1.807, 2.05) is 25.7 Å². The largest absolute Gasteiger partial charge is 0.474 e. The lowest BCUT2D eigenvalue weighted by atomic mass is 9.94. The van der Waals surface area contributed by atoms with Crippen LogP contribution in [0.25, 0.3) is 0 Å². The van der Waals surface area contributed by atoms with Crippen molar-refractivity contribution in [3.8, 4) is 0 Å². The van der Waals surface area contributed by atoms with E-state index in [0.29, 0.717) is 24.3 Å². The van der Waals surface area contributed by atoms with Crippen LogP contribution in [0.2, 0.25) is 0 Å². The van der Waals surface area contributed by atoms with Crippen molar-refractivity contribution in [2.45, 2.75) is 231 Å². The molecule has 0 bridgehead atoms. The lowest BCUT2D eigenvalue weighted by Gasteiger charge is -2.41. The van der Waals surface area contributed by atoms with Gasteiger partial charge >= 0.3 is 0 Å². The van der Waals surface area contributed by atoms with Crippen LogP contribution in [0, 0.1) is 5.41 Å². The van der Waals surface area contributed by atoms with Crippen LogP contribution < -0.4 is 0 Å². The quantitative estimate of drug-likeness (QED) is 0.207. The number of ether oxygens (including phenoxy) is 3. The maximum Gasteiger partial charge on any atom is 0.228 e. The van der Waals surface area contributed by atoms with Gasteiger partial charge in [0.1, 0.15) is 5.60 Å². The number of carbonyl (C=O) groups is 1. The van der Waals surface area contributed by atoms with Crippen LogP contribution >= 0.6 is 0 Å². The molecule has 7 saturated heterocycles. The number of piperazine rings is 3. The molecule has 0 aromatic rings. The number of likely N-dealkylation sites (tertiary alicyclic amines) is 2. The van der Waals surface area contributed by atoms with Gasteiger partial charge < -0.3 is 38.7 Å². The second-order valence-corrected chi connectivity index (χ2v) is 26.8. The lowest BCUT2D eigenvalue weighted by Crippen LogP contribution is -2.50. The van der Waals surface area contributed by atoms with E-state index in [1.54, 1.807) is 0 Å². The Morgan fingerprint density at radius 2 is 0.829 bits per heavy atom. The number of amides is 1. The molecule has 7 aliphatic heterocycles. The number of likely N-dealkylation sites (N-methyl/N-ethyl adjacent to an activating group) is 1. The molecule has 76 heavy (non-hydrogen) atoms. The molecule has 7 fully saturated rings. The molecular formula is C62H128N10O4. The van der Waals surface area contributed by atoms with Gasteiger partial charge in [0, 0.05) is 152 Å². The Morgan fingerprint density at radius 3 is 1.18 bits per heavy atom. The zero-order chi connectivity index (χ0) is 57.3. The average molecular weight is 1080 g/mol. The number of rotatable bonds is 9. The Morgan fingerprint density at radius 1 is 0.474 bits per heavy atom. The zero-order valence-electron chi connectivity index (χ0n) is 54.1. The topological polar surface area (TPSA) is 77.2 Å². The summed E-state index contributed by atoms with van der Waals surface area (Å²) in [6, 6.07) is 5.05. The number of carbonyl (C=O) groups excluding carboxylic acids is 1. The highest BCUT2D eigenvalue weighted by molar-refractivity contribution is 5.81. The van der Waals surface area contributed by atoms with Gasteiger partial charge in [-0.05, 0) is 183 Å². The van der Waals surface area contributed by atoms with Crippen LogP contribution in [-0.4, -0.2) is 266 Å². The first-order valence-electron chi connectivity index (χ1n) is 31.0. The van der Waals surface area contributed by atoms with Gasteiger partial charge in [0.2, 0.25) is 5.91 Å². The minimum atomic E-state index is -0.226. The van der Waals surface area contributed by atoms with Crippen LogP contribution in [0.3, 0.4) is 0 Å². The maximum atomic E-state index is 11.8. The fourth-order valence-electron chi connectivity index (χ4n) is 10.9. The predicted molar refractivity (Wildman–Crippen MR) is 325 cm³/mol. The maximum absolute atomic E-state index is 11.8. The smallest absolute Gasteiger partial charge is 0.228 e. The van der Waals surface area contributed by atoms with E-state index in [9.17, 15) is 4.79 Å². The fraction of sp³-hybridized carbons (Fsp3) is 0.952. The van der Waals surface area contributed by atoms with Crippen molar-refractivity contribution in [1.82, 2.24) is 49.0 Å². The third-order valence-electron chi connectivity index (χ3n) is 16.2. The van der Waals surface area contributed by atoms with Gasteiger partial charge in [0.05, 0.1) is 25.4 Å². The van der Waals surface area contributed by atoms with Crippen LogP contribution in [0.15, 0.2) is 12.5 Å². The standard InChI is InChI=1S/C13H26N2O.C12H24N2O.C10H20N2O.C10H22N2.C9H19NO.C8H17N/c1-11(2)14-7-9-15(10-8-14)12(3)16-13(4,5)6;1-11(2)13-5-3-12(4-6-13)14-7-9-15-10-8-14;1-10(2,3)9(13)12-7-5-11(4)6-8-12;1-9(2)11-5-7-12(8-6-11)10(3)4;1-7(2)10-5-8(3)11-9(4)6-10;1-8(2)9-6-4-3-5-7-9/h11H,3,7-10H2,1-2,4-6H3;11-12H,3-10H2,1-2H3;5-8H2,1-4H3;9-10H,5-8H2,1-4H3;7-9H,5-6H2,1-4H3;8H,3-7H2,1-2H3. The van der Waals surface area contributed by atoms with Crippen molar-refractivity contribution >= 4 is 5.91 Å². The molecule has 7 heterocycles. The van der Waals surface area contributed by atoms with Crippen molar-refractivity contribution in [2.24, 2.45) is 5.41 Å². The Balaban J connectivity index is 0.000000315. The van der Waals surface area contributed by atoms with Crippen molar-refractivity contribution in [2.75, 3.05) is 151 Å². The summed E-state index contributed by atoms with van der Waals surface area (Å²) in [5.74, 6) is 1.09. The minimum Gasteiger partial charge on any atom is -0.474 e. The van der Waals surface area contributed by atoms with Crippen LogP contribution in [0.5, 0.6) is 0 Å². The number of hydrogen-bond acceptors (Lipinski definition) is 13. The van der Waals surface area contributed by atoms with Crippen molar-refractivity contribution < 1.29 is 19.0 Å². The highest BCUT2D eigenvalue weighted by atomic mass is 16.5. The SMILES string of the molecule is C=C(OC(C)(C)C)N1CCN(C(C)C)CC1.CC(C)N1CCC(N2CCOCC2)CC1.CC(C)N1CCCCC1.CC(C)N1CCN(C(C)C)CC1.CC1CN(C(C)C)CC(C)O1.CN1CCN(C(=O)C(C)(C)C)CC1. The minimum absolute atomic E-state index is 0.147. The van der Waals surface area contributed by atoms with Gasteiger partial charge in [-0.3, -0.25) is 29.3 Å². The summed E-state index contributed by atoms with van der Waals surface area (Å²) in [6.07, 6.45) is 7.78. The van der Waals surface area contributed by atoms with Crippen molar-refractivity contribution in [3.63, 3.8) is 0 Å². The summed E-state index contributed by atoms with van der Waals surface area (Å²) in [5, 5.41) is 0. The van der Waals surface area contributed by atoms with Gasteiger partial charge in [0.15, 0.2) is 5.88 Å². The Hall–Kier alpha value is -1.59. The number of piperidine rings is 2. The Labute approximate surface area is 471 Å². The molecule has 2 unspecified atom stereocenters. The van der Waals surface area contributed by atoms with E-state index in [1.165, 1.54) is 84.5 Å². The summed E-state index contributed by atoms with van der Waals surface area (Å²) in [5.41, 5.74) is -0.373. The molecule has 450 valence electrons. The number of hydrogen-bond donors (Lipinski definition) is 0. The second kappa shape index (κ2) is 36.0. The zero-order valence-corrected chi connectivity index (χ0v) is 54.1. The van der Waals surface area contributed by atoms with E-state index >= 15 is 0 Å². The number of morpholine rings is 2. The van der Waals surface area contributed by atoms with E-state index in [-0.39, 0.29) is 16.9 Å². The molecule has 0 aromatic heterocycles. The highest BCUT2D eigenvalue weighted by Gasteiger charge is 2.30. The predicted octanol–water partition coefficient (Wildman–Crippen LogP) is 9.10. The van der Waals surface area contributed by atoms with E-state index in [4.69, 9.17) is 14.2 Å². The molecular weight excluding hydrogens is 949 g/mol. The summed E-state index contributed by atoms with van der Waals surface area (Å²) < 4.78 is 16.8. The Bertz CT molecular complexity index is 1460. The molecule has 0 aromatic carbocycles. The van der Waals surface area contributed by atoms with E-state index in [2.05, 4.69) is 175 Å². The Kier molecular flexibility index (Phi) is 33.4. The molecule has 7 aliphatic rings. The molecule has 2 atom stereocenters. The van der Waals surface area contributed by atoms with Gasteiger partial charge in [-0.15, -0.1) is 0 Å². The third kappa shape index (κ3) is 28.7. The van der Waals surface area contributed by atoms with Crippen LogP contribution in [0.1, 0.15) is 171 Å². The molecule has 0 spiro atoms. The third-order valence-corrected chi connectivity index (χ3v) is 16.2. The lowest BCUT2D eigenvalue weighted by molar-refractivity contribution is -0.141. The average Bonchev–Trinajstić information content (AvgIpc) is 3.37. The fourth-order valence-corrected chi connectivity index (χ4v) is 10.9. The van der Waals surface area contributed by atoms with Gasteiger partial charge in [0.25, 0.3) is 0 Å². The molecule has 1 amide bonds. The summed E-state index contributed by atoms with van der Waals surface area (Å²) in [4.78, 5) is 36.1. The monoisotopic (exact) mass is 1080 g/mol. The molecule has 7 rings (SSSR count). The van der Waals surface area contributed by atoms with Crippen LogP contribution in [-0.2, 0) is 19.0 Å². The van der Waals surface area contributed by atoms with Gasteiger partial charge in [-0.1, -0.05) is 27.2 Å². The van der Waals surface area contributed by atoms with Crippen LogP contribution in [0.4, 0.5) is 0 Å². The van der Waals surface area contributed by atoms with Crippen molar-refractivity contribution in [1.29, 1.82) is 0 Å². The van der Waals surface area contributed by atoms with E-state index < -0.39 is 0 Å². The summed E-state index contributed by atoms with van der Waals surface area (Å²) in [6.45, 7) is 72.2. The number of nitrogens with zero attached hydrogens (tertiary/aromatic N) is 10. The summed E-state index contributed by atoms with van der Waals surface area (Å²) in [7, 11) is 2.10. The molecule has 14 nitrogen and oxygen atoms in total. The van der Waals surface area contributed by atoms with Gasteiger partial charge in [-0.25, -0.2) is 0 Å². The van der Waals surface area contributed by atoms with Gasteiger partial charge in [-0.2, -0.15) is 0 Å². The molecule has 0 aliphatic carbocycles. The normalized spacial score (nSPS) is 24.2. The molecule has 0 N–H and O–H groups in total. The summed E-state index contributed by atoms with van der Waals surface area (Å²) >= 11 is 0. The molecule has 0 radical (unpaired) electrons.